The highest BCUT2D eigenvalue weighted by molar-refractivity contribution is 5.71. The molecule has 6 rings (SSSR count). The first-order chi connectivity index (χ1) is 13.6. The van der Waals surface area contributed by atoms with Gasteiger partial charge < -0.3 is 19.5 Å². The molecule has 5 fully saturated rings. The van der Waals surface area contributed by atoms with Crippen LogP contribution >= 0.6 is 0 Å². The molecule has 2 bridgehead atoms. The number of aromatic nitrogens is 2. The third-order valence-corrected chi connectivity index (χ3v) is 7.84. The zero-order valence-corrected chi connectivity index (χ0v) is 16.5. The molecule has 8 nitrogen and oxygen atoms in total. The number of carbonyl (C=O) groups is 1. The van der Waals surface area contributed by atoms with Crippen LogP contribution in [0, 0.1) is 12.8 Å². The van der Waals surface area contributed by atoms with Crippen molar-refractivity contribution in [3.05, 3.63) is 5.82 Å². The SMILES string of the molecule is Cc1noc(N2C3CCC2CC(N2CCC4(CC2)OC(=O)NC4C2CC2)C3)n1. The molecule has 5 heterocycles. The molecule has 0 radical (unpaired) electrons. The molecule has 28 heavy (non-hydrogen) atoms. The lowest BCUT2D eigenvalue weighted by Crippen LogP contribution is -2.57. The van der Waals surface area contributed by atoms with Crippen LogP contribution in [0.1, 0.15) is 57.2 Å². The van der Waals surface area contributed by atoms with E-state index >= 15 is 0 Å². The number of rotatable bonds is 3. The molecule has 1 aromatic rings. The maximum absolute atomic E-state index is 11.9. The highest BCUT2D eigenvalue weighted by Crippen LogP contribution is 2.47. The summed E-state index contributed by atoms with van der Waals surface area (Å²) >= 11 is 0. The molecular weight excluding hydrogens is 358 g/mol. The number of nitrogens with zero attached hydrogens (tertiary/aromatic N) is 4. The number of likely N-dealkylation sites (tertiary alicyclic amines) is 1. The van der Waals surface area contributed by atoms with Crippen molar-refractivity contribution in [3.63, 3.8) is 0 Å². The summed E-state index contributed by atoms with van der Waals surface area (Å²) in [6.45, 7) is 3.94. The fourth-order valence-electron chi connectivity index (χ4n) is 6.34. The van der Waals surface area contributed by atoms with Gasteiger partial charge in [-0.15, -0.1) is 0 Å². The van der Waals surface area contributed by atoms with Crippen LogP contribution in [0.25, 0.3) is 0 Å². The first-order valence-corrected chi connectivity index (χ1v) is 10.9. The summed E-state index contributed by atoms with van der Waals surface area (Å²) in [5, 5.41) is 7.10. The Morgan fingerprint density at radius 1 is 1.07 bits per heavy atom. The van der Waals surface area contributed by atoms with E-state index in [4.69, 9.17) is 9.26 Å². The maximum Gasteiger partial charge on any atom is 0.408 e. The summed E-state index contributed by atoms with van der Waals surface area (Å²) in [4.78, 5) is 21.5. The number of amides is 1. The normalized spacial score (nSPS) is 37.3. The third kappa shape index (κ3) is 2.64. The van der Waals surface area contributed by atoms with Crippen molar-refractivity contribution >= 4 is 12.1 Å². The minimum Gasteiger partial charge on any atom is -0.441 e. The average Bonchev–Trinajstić information content (AvgIpc) is 3.28. The largest absolute Gasteiger partial charge is 0.441 e. The third-order valence-electron chi connectivity index (χ3n) is 7.84. The summed E-state index contributed by atoms with van der Waals surface area (Å²) in [5.41, 5.74) is -0.254. The topological polar surface area (TPSA) is 83.7 Å². The van der Waals surface area contributed by atoms with E-state index in [1.54, 1.807) is 0 Å². The lowest BCUT2D eigenvalue weighted by molar-refractivity contribution is -0.0351. The lowest BCUT2D eigenvalue weighted by atomic mass is 9.81. The molecule has 4 saturated heterocycles. The predicted molar refractivity (Wildman–Crippen MR) is 101 cm³/mol. The Labute approximate surface area is 165 Å². The summed E-state index contributed by atoms with van der Waals surface area (Å²) in [7, 11) is 0. The quantitative estimate of drug-likeness (QED) is 0.851. The zero-order valence-electron chi connectivity index (χ0n) is 16.5. The minimum absolute atomic E-state index is 0.202. The minimum atomic E-state index is -0.254. The van der Waals surface area contributed by atoms with Gasteiger partial charge in [0.05, 0.1) is 6.04 Å². The second-order valence-electron chi connectivity index (χ2n) is 9.49. The molecule has 5 aliphatic rings. The van der Waals surface area contributed by atoms with E-state index in [1.165, 1.54) is 25.7 Å². The van der Waals surface area contributed by atoms with Crippen LogP contribution in [0.5, 0.6) is 0 Å². The molecule has 1 amide bonds. The van der Waals surface area contributed by atoms with Gasteiger partial charge in [-0.05, 0) is 51.4 Å². The highest BCUT2D eigenvalue weighted by Gasteiger charge is 2.56. The van der Waals surface area contributed by atoms with Crippen molar-refractivity contribution in [1.29, 1.82) is 0 Å². The van der Waals surface area contributed by atoms with Crippen LogP contribution in [-0.2, 0) is 4.74 Å². The van der Waals surface area contributed by atoms with E-state index in [0.717, 1.165) is 38.8 Å². The Hall–Kier alpha value is -1.83. The molecule has 1 spiro atoms. The number of anilines is 1. The molecule has 1 saturated carbocycles. The van der Waals surface area contributed by atoms with Gasteiger partial charge in [0, 0.05) is 44.1 Å². The van der Waals surface area contributed by atoms with Gasteiger partial charge in [-0.25, -0.2) is 4.79 Å². The maximum atomic E-state index is 11.9. The van der Waals surface area contributed by atoms with Crippen LogP contribution < -0.4 is 10.2 Å². The Morgan fingerprint density at radius 2 is 1.79 bits per heavy atom. The zero-order chi connectivity index (χ0) is 18.9. The van der Waals surface area contributed by atoms with Gasteiger partial charge in [0.25, 0.3) is 0 Å². The number of alkyl carbamates (subject to hydrolysis) is 1. The summed E-state index contributed by atoms with van der Waals surface area (Å²) in [6, 6.07) is 2.56. The Morgan fingerprint density at radius 3 is 2.39 bits per heavy atom. The number of aryl methyl sites for hydroxylation is 1. The molecule has 3 atom stereocenters. The monoisotopic (exact) mass is 387 g/mol. The van der Waals surface area contributed by atoms with Crippen molar-refractivity contribution in [2.24, 2.45) is 5.92 Å². The number of ether oxygens (including phenoxy) is 1. The predicted octanol–water partition coefficient (Wildman–Crippen LogP) is 2.23. The molecule has 4 aliphatic heterocycles. The van der Waals surface area contributed by atoms with Crippen molar-refractivity contribution in [1.82, 2.24) is 20.4 Å². The van der Waals surface area contributed by atoms with Crippen molar-refractivity contribution in [2.45, 2.75) is 88.1 Å². The Bertz CT molecular complexity index is 756. The van der Waals surface area contributed by atoms with Gasteiger partial charge in [0.15, 0.2) is 5.82 Å². The van der Waals surface area contributed by atoms with Crippen molar-refractivity contribution in [2.75, 3.05) is 18.0 Å². The highest BCUT2D eigenvalue weighted by atomic mass is 16.6. The summed E-state index contributed by atoms with van der Waals surface area (Å²) < 4.78 is 11.3. The van der Waals surface area contributed by atoms with Crippen LogP contribution in [-0.4, -0.2) is 64.0 Å². The van der Waals surface area contributed by atoms with Gasteiger partial charge in [-0.2, -0.15) is 4.98 Å². The molecule has 152 valence electrons. The molecule has 3 unspecified atom stereocenters. The van der Waals surface area contributed by atoms with E-state index in [2.05, 4.69) is 25.3 Å². The lowest BCUT2D eigenvalue weighted by Gasteiger charge is -2.47. The first kappa shape index (κ1) is 17.1. The van der Waals surface area contributed by atoms with Crippen molar-refractivity contribution in [3.8, 4) is 0 Å². The van der Waals surface area contributed by atoms with Gasteiger partial charge in [0.1, 0.15) is 5.60 Å². The van der Waals surface area contributed by atoms with Gasteiger partial charge in [-0.1, -0.05) is 5.16 Å². The van der Waals surface area contributed by atoms with E-state index in [9.17, 15) is 4.79 Å². The summed E-state index contributed by atoms with van der Waals surface area (Å²) in [6.07, 6.45) is 8.94. The second kappa shape index (κ2) is 6.08. The molecule has 1 aromatic heterocycles. The second-order valence-corrected chi connectivity index (χ2v) is 9.49. The van der Waals surface area contributed by atoms with Crippen LogP contribution in [0.3, 0.4) is 0 Å². The number of hydrogen-bond acceptors (Lipinski definition) is 7. The molecule has 1 aliphatic carbocycles. The Kier molecular flexibility index (Phi) is 3.71. The number of hydrogen-bond donors (Lipinski definition) is 1. The number of fused-ring (bicyclic) bond motifs is 2. The Balaban J connectivity index is 1.12. The molecule has 1 N–H and O–H groups in total. The smallest absolute Gasteiger partial charge is 0.408 e. The van der Waals surface area contributed by atoms with Gasteiger partial charge in [-0.3, -0.25) is 4.90 Å². The fraction of sp³-hybridized carbons (Fsp3) is 0.850. The van der Waals surface area contributed by atoms with Crippen molar-refractivity contribution < 1.29 is 14.1 Å². The van der Waals surface area contributed by atoms with Crippen LogP contribution in [0.2, 0.25) is 0 Å². The number of nitrogens with one attached hydrogen (secondary N) is 1. The molecular formula is C20H29N5O3. The van der Waals surface area contributed by atoms with E-state index < -0.39 is 0 Å². The van der Waals surface area contributed by atoms with E-state index in [1.807, 2.05) is 6.92 Å². The average molecular weight is 387 g/mol. The van der Waals surface area contributed by atoms with Gasteiger partial charge >= 0.3 is 12.1 Å². The summed E-state index contributed by atoms with van der Waals surface area (Å²) in [5.74, 6) is 1.35. The van der Waals surface area contributed by atoms with E-state index in [0.29, 0.717) is 35.9 Å². The fourth-order valence-corrected chi connectivity index (χ4v) is 6.34. The molecule has 8 heteroatoms. The first-order valence-electron chi connectivity index (χ1n) is 10.9. The van der Waals surface area contributed by atoms with Gasteiger partial charge in [0.2, 0.25) is 0 Å². The van der Waals surface area contributed by atoms with E-state index in [-0.39, 0.29) is 17.7 Å². The standard InChI is InChI=1S/C20H29N5O3/c1-12-21-18(28-23-12)25-14-4-5-15(25)11-16(10-14)24-8-6-20(7-9-24)17(13-2-3-13)22-19(26)27-20/h13-17H,2-11H2,1H3,(H,22,26). The molecule has 0 aromatic carbocycles. The number of piperidine rings is 2. The van der Waals surface area contributed by atoms with Crippen LogP contribution in [0.15, 0.2) is 4.52 Å². The van der Waals surface area contributed by atoms with Crippen LogP contribution in [0.4, 0.5) is 10.8 Å². The number of carbonyl (C=O) groups excluding carboxylic acids is 1.